The molecule has 0 saturated carbocycles. The molecule has 0 fully saturated rings. The minimum Gasteiger partial charge on any atom is -0.492 e. The van der Waals surface area contributed by atoms with Gasteiger partial charge in [0.2, 0.25) is 12.5 Å². The quantitative estimate of drug-likeness (QED) is 0.854. The summed E-state index contributed by atoms with van der Waals surface area (Å²) in [7, 11) is 3.69. The molecule has 1 N–H and O–H groups in total. The summed E-state index contributed by atoms with van der Waals surface area (Å²) in [6.45, 7) is 7.05. The molecule has 2 aliphatic rings. The average molecular weight is 345 g/mol. The molecule has 25 heavy (non-hydrogen) atoms. The van der Waals surface area contributed by atoms with E-state index in [4.69, 9.17) is 14.2 Å². The topological polar surface area (TPSA) is 51.2 Å². The molecule has 0 aromatic heterocycles. The van der Waals surface area contributed by atoms with Crippen molar-refractivity contribution in [3.8, 4) is 29.1 Å². The van der Waals surface area contributed by atoms with E-state index in [2.05, 4.69) is 30.6 Å². The van der Waals surface area contributed by atoms with Crippen molar-refractivity contribution in [3.05, 3.63) is 17.2 Å². The number of aliphatic hydroxyl groups is 1. The van der Waals surface area contributed by atoms with Gasteiger partial charge in [-0.15, -0.1) is 0 Å². The van der Waals surface area contributed by atoms with Crippen molar-refractivity contribution in [1.82, 2.24) is 4.90 Å². The lowest BCUT2D eigenvalue weighted by Crippen LogP contribution is -2.32. The Bertz CT molecular complexity index is 715. The van der Waals surface area contributed by atoms with Crippen LogP contribution >= 0.6 is 0 Å². The van der Waals surface area contributed by atoms with Gasteiger partial charge in [0, 0.05) is 12.1 Å². The Kier molecular flexibility index (Phi) is 4.86. The van der Waals surface area contributed by atoms with Crippen LogP contribution in [0.25, 0.3) is 0 Å². The molecular formula is C20H27NO4. The first-order valence-electron chi connectivity index (χ1n) is 8.77. The summed E-state index contributed by atoms with van der Waals surface area (Å²) in [5, 5.41) is 10.6. The average Bonchev–Trinajstić information content (AvgIpc) is 2.98. The number of hydrogen-bond donors (Lipinski definition) is 1. The molecule has 5 heteroatoms. The van der Waals surface area contributed by atoms with Gasteiger partial charge in [-0.2, -0.15) is 0 Å². The first-order chi connectivity index (χ1) is 11.8. The lowest BCUT2D eigenvalue weighted by Gasteiger charge is -2.33. The van der Waals surface area contributed by atoms with E-state index in [1.807, 2.05) is 13.1 Å². The third-order valence-electron chi connectivity index (χ3n) is 4.68. The van der Waals surface area contributed by atoms with Crippen molar-refractivity contribution in [1.29, 1.82) is 0 Å². The van der Waals surface area contributed by atoms with Gasteiger partial charge >= 0.3 is 0 Å². The largest absolute Gasteiger partial charge is 0.492 e. The predicted octanol–water partition coefficient (Wildman–Crippen LogP) is 2.75. The van der Waals surface area contributed by atoms with Crippen LogP contribution in [0.3, 0.4) is 0 Å². The van der Waals surface area contributed by atoms with Gasteiger partial charge in [0.15, 0.2) is 11.5 Å². The van der Waals surface area contributed by atoms with Crippen LogP contribution in [0.5, 0.6) is 17.2 Å². The van der Waals surface area contributed by atoms with Crippen molar-refractivity contribution in [3.63, 3.8) is 0 Å². The molecule has 136 valence electrons. The maximum atomic E-state index is 10.6. The van der Waals surface area contributed by atoms with Gasteiger partial charge in [0.1, 0.15) is 11.6 Å². The fraction of sp³-hybridized carbons (Fsp3) is 0.600. The standard InChI is InChI=1S/C20H27NO4/c1-13(2)11-20(3,22)8-6-15-17-14(7-9-21(15)4)10-16-18(19(17)23-5)25-12-24-16/h10,13,15,22H,7,9,11-12H2,1-5H3/t15-,20+/m0/s1. The van der Waals surface area contributed by atoms with Gasteiger partial charge in [-0.05, 0) is 44.4 Å². The fourth-order valence-electron chi connectivity index (χ4n) is 3.69. The molecule has 0 amide bonds. The number of rotatable bonds is 3. The lowest BCUT2D eigenvalue weighted by atomic mass is 9.89. The van der Waals surface area contributed by atoms with E-state index in [1.54, 1.807) is 14.0 Å². The Morgan fingerprint density at radius 3 is 2.88 bits per heavy atom. The van der Waals surface area contributed by atoms with Gasteiger partial charge in [0.05, 0.1) is 7.11 Å². The number of methoxy groups -OCH3 is 1. The van der Waals surface area contributed by atoms with Gasteiger partial charge < -0.3 is 19.3 Å². The van der Waals surface area contributed by atoms with Gasteiger partial charge in [-0.3, -0.25) is 4.90 Å². The van der Waals surface area contributed by atoms with Crippen molar-refractivity contribution in [2.75, 3.05) is 27.5 Å². The fourth-order valence-corrected chi connectivity index (χ4v) is 3.69. The van der Waals surface area contributed by atoms with E-state index in [0.29, 0.717) is 23.8 Å². The monoisotopic (exact) mass is 345 g/mol. The van der Waals surface area contributed by atoms with Crippen molar-refractivity contribution in [2.45, 2.75) is 45.3 Å². The molecule has 0 aliphatic carbocycles. The Morgan fingerprint density at radius 2 is 2.20 bits per heavy atom. The minimum absolute atomic E-state index is 0.146. The smallest absolute Gasteiger partial charge is 0.231 e. The number of nitrogens with zero attached hydrogens (tertiary/aromatic N) is 1. The molecule has 0 unspecified atom stereocenters. The molecule has 0 saturated heterocycles. The van der Waals surface area contributed by atoms with E-state index in [9.17, 15) is 5.11 Å². The van der Waals surface area contributed by atoms with E-state index < -0.39 is 5.60 Å². The highest BCUT2D eigenvalue weighted by Gasteiger charge is 2.33. The van der Waals surface area contributed by atoms with Crippen molar-refractivity contribution >= 4 is 0 Å². The van der Waals surface area contributed by atoms with Crippen LogP contribution in [0.4, 0.5) is 0 Å². The van der Waals surface area contributed by atoms with E-state index in [0.717, 1.165) is 24.3 Å². The van der Waals surface area contributed by atoms with E-state index in [-0.39, 0.29) is 12.8 Å². The Balaban J connectivity index is 2.03. The molecule has 5 nitrogen and oxygen atoms in total. The van der Waals surface area contributed by atoms with Gasteiger partial charge in [0.25, 0.3) is 0 Å². The first-order valence-corrected chi connectivity index (χ1v) is 8.77. The SMILES string of the molecule is COc1c2c(cc3c1[C@H](C#C[C@@](C)(O)CC(C)C)N(C)CC3)OCO2. The second kappa shape index (κ2) is 6.78. The maximum absolute atomic E-state index is 10.6. The van der Waals surface area contributed by atoms with Crippen LogP contribution in [0.2, 0.25) is 0 Å². The number of hydrogen-bond acceptors (Lipinski definition) is 5. The number of benzene rings is 1. The summed E-state index contributed by atoms with van der Waals surface area (Å²) < 4.78 is 16.8. The number of likely N-dealkylation sites (N-methyl/N-ethyl adjacent to an activating group) is 1. The minimum atomic E-state index is -1.00. The Labute approximate surface area is 149 Å². The molecule has 1 aromatic carbocycles. The molecule has 1 aromatic rings. The highest BCUT2D eigenvalue weighted by atomic mass is 16.7. The summed E-state index contributed by atoms with van der Waals surface area (Å²) in [6, 6.07) is 1.89. The second-order valence-electron chi connectivity index (χ2n) is 7.49. The van der Waals surface area contributed by atoms with Crippen molar-refractivity contribution < 1.29 is 19.3 Å². The molecule has 2 heterocycles. The second-order valence-corrected chi connectivity index (χ2v) is 7.49. The first kappa shape index (κ1) is 17.9. The highest BCUT2D eigenvalue weighted by Crippen LogP contribution is 2.49. The molecule has 0 bridgehead atoms. The molecule has 3 rings (SSSR count). The third kappa shape index (κ3) is 3.56. The van der Waals surface area contributed by atoms with Gasteiger partial charge in [-0.25, -0.2) is 0 Å². The summed E-state index contributed by atoms with van der Waals surface area (Å²) in [5.74, 6) is 8.83. The molecule has 2 atom stereocenters. The van der Waals surface area contributed by atoms with Crippen LogP contribution in [0.15, 0.2) is 6.07 Å². The van der Waals surface area contributed by atoms with Gasteiger partial charge in [-0.1, -0.05) is 25.7 Å². The molecular weight excluding hydrogens is 318 g/mol. The van der Waals surface area contributed by atoms with Crippen LogP contribution in [-0.2, 0) is 6.42 Å². The normalized spacial score (nSPS) is 21.3. The van der Waals surface area contributed by atoms with E-state index in [1.165, 1.54) is 5.56 Å². The zero-order valence-corrected chi connectivity index (χ0v) is 15.7. The summed E-state index contributed by atoms with van der Waals surface area (Å²) in [6.07, 6.45) is 1.54. The van der Waals surface area contributed by atoms with Crippen LogP contribution < -0.4 is 14.2 Å². The summed E-state index contributed by atoms with van der Waals surface area (Å²) in [5.41, 5.74) is 1.19. The highest BCUT2D eigenvalue weighted by molar-refractivity contribution is 5.63. The third-order valence-corrected chi connectivity index (χ3v) is 4.68. The molecule has 2 aliphatic heterocycles. The van der Waals surface area contributed by atoms with Crippen LogP contribution in [0.1, 0.15) is 44.4 Å². The van der Waals surface area contributed by atoms with Crippen LogP contribution in [-0.4, -0.2) is 43.1 Å². The zero-order chi connectivity index (χ0) is 18.2. The number of fused-ring (bicyclic) bond motifs is 2. The Hall–Kier alpha value is -1.90. The summed E-state index contributed by atoms with van der Waals surface area (Å²) >= 11 is 0. The Morgan fingerprint density at radius 1 is 1.44 bits per heavy atom. The van der Waals surface area contributed by atoms with Crippen LogP contribution in [0, 0.1) is 17.8 Å². The predicted molar refractivity (Wildman–Crippen MR) is 96.0 cm³/mol. The molecule has 0 radical (unpaired) electrons. The maximum Gasteiger partial charge on any atom is 0.231 e. The van der Waals surface area contributed by atoms with E-state index >= 15 is 0 Å². The zero-order valence-electron chi connectivity index (χ0n) is 15.7. The number of ether oxygens (including phenoxy) is 3. The lowest BCUT2D eigenvalue weighted by molar-refractivity contribution is 0.0971. The molecule has 0 spiro atoms. The van der Waals surface area contributed by atoms with Crippen molar-refractivity contribution in [2.24, 2.45) is 5.92 Å². The summed E-state index contributed by atoms with van der Waals surface area (Å²) in [4.78, 5) is 2.19.